The standard InChI is InChI=1S/C7H4FIO2/c8-4-1-6-7(2-5(4)9)11-3-10-6/h1-2H,3H2. The Morgan fingerprint density at radius 3 is 2.64 bits per heavy atom. The van der Waals surface area contributed by atoms with Crippen LogP contribution in [0.1, 0.15) is 0 Å². The number of hydrogen-bond acceptors (Lipinski definition) is 2. The van der Waals surface area contributed by atoms with Crippen LogP contribution in [-0.4, -0.2) is 6.79 Å². The van der Waals surface area contributed by atoms with Crippen molar-refractivity contribution in [2.24, 2.45) is 0 Å². The van der Waals surface area contributed by atoms with E-state index >= 15 is 0 Å². The SMILES string of the molecule is Fc1cc2c(cc1I)OCO2. The Labute approximate surface area is 76.4 Å². The number of ether oxygens (including phenoxy) is 2. The van der Waals surface area contributed by atoms with E-state index in [-0.39, 0.29) is 12.6 Å². The average molecular weight is 266 g/mol. The first kappa shape index (κ1) is 7.15. The second-order valence-electron chi connectivity index (χ2n) is 2.12. The van der Waals surface area contributed by atoms with E-state index < -0.39 is 0 Å². The van der Waals surface area contributed by atoms with Crippen molar-refractivity contribution in [3.8, 4) is 11.5 Å². The van der Waals surface area contributed by atoms with Crippen molar-refractivity contribution in [3.63, 3.8) is 0 Å². The van der Waals surface area contributed by atoms with Crippen molar-refractivity contribution >= 4 is 22.6 Å². The zero-order chi connectivity index (χ0) is 7.84. The molecule has 0 aliphatic carbocycles. The summed E-state index contributed by atoms with van der Waals surface area (Å²) in [7, 11) is 0. The van der Waals surface area contributed by atoms with Crippen molar-refractivity contribution < 1.29 is 13.9 Å². The van der Waals surface area contributed by atoms with Gasteiger partial charge in [-0.2, -0.15) is 0 Å². The van der Waals surface area contributed by atoms with Crippen molar-refractivity contribution in [3.05, 3.63) is 21.5 Å². The Hall–Kier alpha value is -0.520. The molecule has 2 nitrogen and oxygen atoms in total. The number of benzene rings is 1. The van der Waals surface area contributed by atoms with E-state index in [1.165, 1.54) is 6.07 Å². The van der Waals surface area contributed by atoms with E-state index in [1.54, 1.807) is 6.07 Å². The predicted octanol–water partition coefficient (Wildman–Crippen LogP) is 2.16. The monoisotopic (exact) mass is 266 g/mol. The second-order valence-corrected chi connectivity index (χ2v) is 3.28. The van der Waals surface area contributed by atoms with Gasteiger partial charge in [-0.15, -0.1) is 0 Å². The van der Waals surface area contributed by atoms with Crippen LogP contribution in [0, 0.1) is 9.39 Å². The molecule has 0 atom stereocenters. The number of halogens is 2. The summed E-state index contributed by atoms with van der Waals surface area (Å²) in [6.07, 6.45) is 0. The molecule has 11 heavy (non-hydrogen) atoms. The van der Waals surface area contributed by atoms with Gasteiger partial charge in [0.1, 0.15) is 5.82 Å². The van der Waals surface area contributed by atoms with Crippen LogP contribution in [-0.2, 0) is 0 Å². The highest BCUT2D eigenvalue weighted by atomic mass is 127. The molecule has 0 saturated heterocycles. The molecule has 0 N–H and O–H groups in total. The molecule has 1 aliphatic rings. The topological polar surface area (TPSA) is 18.5 Å². The van der Waals surface area contributed by atoms with Crippen molar-refractivity contribution in [1.82, 2.24) is 0 Å². The molecule has 1 aromatic carbocycles. The van der Waals surface area contributed by atoms with Gasteiger partial charge in [-0.05, 0) is 22.6 Å². The molecule has 0 amide bonds. The largest absolute Gasteiger partial charge is 0.454 e. The van der Waals surface area contributed by atoms with Gasteiger partial charge in [0, 0.05) is 12.1 Å². The lowest BCUT2D eigenvalue weighted by Crippen LogP contribution is -1.92. The summed E-state index contributed by atoms with van der Waals surface area (Å²) in [5.41, 5.74) is 0. The van der Waals surface area contributed by atoms with Gasteiger partial charge < -0.3 is 9.47 Å². The highest BCUT2D eigenvalue weighted by Crippen LogP contribution is 2.34. The van der Waals surface area contributed by atoms with Crippen LogP contribution in [0.25, 0.3) is 0 Å². The van der Waals surface area contributed by atoms with Crippen LogP contribution in [0.3, 0.4) is 0 Å². The first-order valence-corrected chi connectivity index (χ1v) is 4.10. The summed E-state index contributed by atoms with van der Waals surface area (Å²) in [5, 5.41) is 0. The molecule has 1 aromatic rings. The third-order valence-corrected chi connectivity index (χ3v) is 2.24. The molecule has 1 aliphatic heterocycles. The molecule has 0 saturated carbocycles. The highest BCUT2D eigenvalue weighted by molar-refractivity contribution is 14.1. The molecule has 0 bridgehead atoms. The number of hydrogen-bond donors (Lipinski definition) is 0. The summed E-state index contributed by atoms with van der Waals surface area (Å²) in [6, 6.07) is 2.96. The molecule has 1 heterocycles. The highest BCUT2D eigenvalue weighted by Gasteiger charge is 2.15. The second kappa shape index (κ2) is 2.51. The fourth-order valence-electron chi connectivity index (χ4n) is 0.892. The van der Waals surface area contributed by atoms with Crippen molar-refractivity contribution in [2.45, 2.75) is 0 Å². The van der Waals surface area contributed by atoms with E-state index in [0.717, 1.165) is 0 Å². The van der Waals surface area contributed by atoms with Crippen LogP contribution < -0.4 is 9.47 Å². The van der Waals surface area contributed by atoms with Gasteiger partial charge in [-0.3, -0.25) is 0 Å². The molecule has 4 heteroatoms. The van der Waals surface area contributed by atoms with Gasteiger partial charge in [0.2, 0.25) is 6.79 Å². The van der Waals surface area contributed by atoms with Crippen molar-refractivity contribution in [1.29, 1.82) is 0 Å². The predicted molar refractivity (Wildman–Crippen MR) is 45.2 cm³/mol. The zero-order valence-electron chi connectivity index (χ0n) is 5.43. The van der Waals surface area contributed by atoms with E-state index in [1.807, 2.05) is 22.6 Å². The van der Waals surface area contributed by atoms with Crippen LogP contribution >= 0.6 is 22.6 Å². The smallest absolute Gasteiger partial charge is 0.231 e. The summed E-state index contributed by atoms with van der Waals surface area (Å²) in [5.74, 6) is 0.841. The Morgan fingerprint density at radius 2 is 1.91 bits per heavy atom. The Balaban J connectivity index is 2.57. The molecule has 0 unspecified atom stereocenters. The Kier molecular flexibility index (Phi) is 1.63. The zero-order valence-corrected chi connectivity index (χ0v) is 7.59. The maximum atomic E-state index is 12.8. The fraction of sp³-hybridized carbons (Fsp3) is 0.143. The van der Waals surface area contributed by atoms with E-state index in [2.05, 4.69) is 0 Å². The lowest BCUT2D eigenvalue weighted by Gasteiger charge is -1.96. The van der Waals surface area contributed by atoms with E-state index in [9.17, 15) is 4.39 Å². The first-order chi connectivity index (χ1) is 5.27. The van der Waals surface area contributed by atoms with Crippen molar-refractivity contribution in [2.75, 3.05) is 6.79 Å². The number of rotatable bonds is 0. The van der Waals surface area contributed by atoms with Gasteiger partial charge in [0.15, 0.2) is 11.5 Å². The maximum absolute atomic E-state index is 12.8. The summed E-state index contributed by atoms with van der Waals surface area (Å²) in [4.78, 5) is 0. The fourth-order valence-corrected chi connectivity index (χ4v) is 1.33. The molecular formula is C7H4FIO2. The van der Waals surface area contributed by atoms with Crippen LogP contribution in [0.15, 0.2) is 12.1 Å². The van der Waals surface area contributed by atoms with Crippen LogP contribution in [0.2, 0.25) is 0 Å². The minimum absolute atomic E-state index is 0.189. The quantitative estimate of drug-likeness (QED) is 0.670. The lowest BCUT2D eigenvalue weighted by atomic mass is 10.3. The van der Waals surface area contributed by atoms with Gasteiger partial charge in [-0.1, -0.05) is 0 Å². The molecular weight excluding hydrogens is 262 g/mol. The van der Waals surface area contributed by atoms with Gasteiger partial charge in [-0.25, -0.2) is 4.39 Å². The lowest BCUT2D eigenvalue weighted by molar-refractivity contribution is 0.174. The number of fused-ring (bicyclic) bond motifs is 1. The first-order valence-electron chi connectivity index (χ1n) is 3.02. The third-order valence-electron chi connectivity index (χ3n) is 1.42. The maximum Gasteiger partial charge on any atom is 0.231 e. The molecule has 0 radical (unpaired) electrons. The molecule has 58 valence electrons. The van der Waals surface area contributed by atoms with Crippen LogP contribution in [0.5, 0.6) is 11.5 Å². The average Bonchev–Trinajstić information content (AvgIpc) is 2.36. The minimum atomic E-state index is -0.269. The minimum Gasteiger partial charge on any atom is -0.454 e. The van der Waals surface area contributed by atoms with Gasteiger partial charge in [0.05, 0.1) is 3.57 Å². The van der Waals surface area contributed by atoms with E-state index in [4.69, 9.17) is 9.47 Å². The van der Waals surface area contributed by atoms with Crippen LogP contribution in [0.4, 0.5) is 4.39 Å². The van der Waals surface area contributed by atoms with Gasteiger partial charge >= 0.3 is 0 Å². The Morgan fingerprint density at radius 1 is 1.27 bits per heavy atom. The molecule has 0 aromatic heterocycles. The molecule has 2 rings (SSSR count). The molecule has 0 fully saturated rings. The molecule has 0 spiro atoms. The van der Waals surface area contributed by atoms with E-state index in [0.29, 0.717) is 15.1 Å². The summed E-state index contributed by atoms with van der Waals surface area (Å²) < 4.78 is 23.4. The Bertz CT molecular complexity index is 272. The summed E-state index contributed by atoms with van der Waals surface area (Å²) in [6.45, 7) is 0.189. The third kappa shape index (κ3) is 1.15. The van der Waals surface area contributed by atoms with Gasteiger partial charge in [0.25, 0.3) is 0 Å². The normalized spacial score (nSPS) is 13.6. The summed E-state index contributed by atoms with van der Waals surface area (Å²) >= 11 is 1.91.